The molecular weight excluding hydrogens is 596 g/mol. The van der Waals surface area contributed by atoms with Crippen LogP contribution < -0.4 is 16.5 Å². The lowest BCUT2D eigenvalue weighted by atomic mass is 9.97. The van der Waals surface area contributed by atoms with Gasteiger partial charge in [0.2, 0.25) is 0 Å². The lowest BCUT2D eigenvalue weighted by Crippen LogP contribution is -2.52. The molecule has 1 saturated heterocycles. The summed E-state index contributed by atoms with van der Waals surface area (Å²) >= 11 is 5.84. The van der Waals surface area contributed by atoms with E-state index in [0.717, 1.165) is 12.3 Å². The summed E-state index contributed by atoms with van der Waals surface area (Å²) in [4.78, 5) is 28.0. The number of rotatable bonds is 13. The molecule has 0 aliphatic carbocycles. The van der Waals surface area contributed by atoms with Crippen molar-refractivity contribution in [1.82, 2.24) is 14.6 Å². The van der Waals surface area contributed by atoms with Crippen LogP contribution in [0.2, 0.25) is 5.02 Å². The number of ether oxygens (including phenoxy) is 2. The summed E-state index contributed by atoms with van der Waals surface area (Å²) in [5.41, 5.74) is 1.46. The van der Waals surface area contributed by atoms with Gasteiger partial charge in [-0.2, -0.15) is 10.1 Å². The van der Waals surface area contributed by atoms with Gasteiger partial charge in [0.15, 0.2) is 18.0 Å². The molecule has 1 fully saturated rings. The van der Waals surface area contributed by atoms with Crippen molar-refractivity contribution in [1.29, 1.82) is 0 Å². The zero-order chi connectivity index (χ0) is 31.3. The number of alkyl halides is 3. The number of aromatic nitrogens is 2. The van der Waals surface area contributed by atoms with Crippen molar-refractivity contribution in [3.05, 3.63) is 57.8 Å². The summed E-state index contributed by atoms with van der Waals surface area (Å²) < 4.78 is 79.5. The van der Waals surface area contributed by atoms with Crippen molar-refractivity contribution in [2.75, 3.05) is 12.3 Å². The summed E-state index contributed by atoms with van der Waals surface area (Å²) in [6.07, 6.45) is -6.42. The Morgan fingerprint density at radius 3 is 2.61 bits per heavy atom. The van der Waals surface area contributed by atoms with Crippen LogP contribution in [-0.2, 0) is 27.9 Å². The van der Waals surface area contributed by atoms with Gasteiger partial charge in [-0.15, -0.1) is 0 Å². The highest BCUT2D eigenvalue weighted by Gasteiger charge is 2.62. The fraction of sp³-hybridized carbons (Fsp3) is 0.542. The molecule has 0 aromatic carbocycles. The van der Waals surface area contributed by atoms with Crippen LogP contribution in [0.4, 0.5) is 19.0 Å². The van der Waals surface area contributed by atoms with Gasteiger partial charge in [0.25, 0.3) is 6.43 Å². The highest BCUT2D eigenvalue weighted by molar-refractivity contribution is 7.51. The van der Waals surface area contributed by atoms with Crippen molar-refractivity contribution in [2.24, 2.45) is 0 Å². The summed E-state index contributed by atoms with van der Waals surface area (Å²) in [5.74, 6) is -1.39. The van der Waals surface area contributed by atoms with Gasteiger partial charge in [0.1, 0.15) is 23.7 Å². The number of nitrogen functional groups attached to an aromatic ring is 1. The standard InChI is InChI=1S/C24H33ClF3N4O8P/c1-7-9-13(5)16(8-2)40-41(36,31-14(6)21(34)38-12(3)4)37-11-24(22(27)28)18(33)17(26)20(39-24)32-10-15(25)19(29)30-23(32)35/h7-10,12,14,17-18,20,22,33H,2,11H2,1,3-6H3,(H,31,36)(H2,29,30,35)/b9-7-,16-13-/t14-,17+,18-,20+,24+,41?/m0/s1. The van der Waals surface area contributed by atoms with Crippen LogP contribution in [0, 0.1) is 0 Å². The minimum atomic E-state index is -4.80. The number of halogens is 4. The topological polar surface area (TPSA) is 164 Å². The first kappa shape index (κ1) is 34.5. The lowest BCUT2D eigenvalue weighted by Gasteiger charge is -2.32. The predicted molar refractivity (Wildman–Crippen MR) is 144 cm³/mol. The molecule has 41 heavy (non-hydrogen) atoms. The van der Waals surface area contributed by atoms with E-state index in [1.165, 1.54) is 6.92 Å². The average molecular weight is 629 g/mol. The van der Waals surface area contributed by atoms with E-state index in [4.69, 9.17) is 35.9 Å². The Labute approximate surface area is 239 Å². The molecule has 0 amide bonds. The molecule has 1 aliphatic heterocycles. The molecule has 0 bridgehead atoms. The molecule has 2 rings (SSSR count). The maximum Gasteiger partial charge on any atom is 0.459 e. The number of nitrogens with one attached hydrogen (secondary N) is 1. The Balaban J connectivity index is 2.49. The smallest absolute Gasteiger partial charge is 0.459 e. The fourth-order valence-electron chi connectivity index (χ4n) is 3.63. The van der Waals surface area contributed by atoms with E-state index in [2.05, 4.69) is 16.7 Å². The first-order valence-corrected chi connectivity index (χ1v) is 14.1. The third kappa shape index (κ3) is 7.99. The highest BCUT2D eigenvalue weighted by Crippen LogP contribution is 2.51. The molecule has 6 atom stereocenters. The SMILES string of the molecule is C=C/C(OP(=O)(N[C@@H](C)C(=O)OC(C)C)OC[C@@]1(C(F)F)O[C@@H](n2cc(Cl)c(N)nc2=O)[C@H](F)[C@@H]1O)=C(C)/C=C\C. The quantitative estimate of drug-likeness (QED) is 0.126. The number of allylic oxidation sites excluding steroid dienone is 4. The summed E-state index contributed by atoms with van der Waals surface area (Å²) in [5, 5.41) is 12.5. The second-order valence-electron chi connectivity index (χ2n) is 9.27. The van der Waals surface area contributed by atoms with Crippen molar-refractivity contribution in [2.45, 2.75) is 77.3 Å². The Morgan fingerprint density at radius 1 is 1.44 bits per heavy atom. The zero-order valence-electron chi connectivity index (χ0n) is 22.9. The lowest BCUT2D eigenvalue weighted by molar-refractivity contribution is -0.193. The summed E-state index contributed by atoms with van der Waals surface area (Å²) in [6, 6.07) is -1.35. The van der Waals surface area contributed by atoms with Crippen LogP contribution in [-0.4, -0.2) is 63.7 Å². The number of esters is 1. The highest BCUT2D eigenvalue weighted by atomic mass is 35.5. The third-order valence-corrected chi connectivity index (χ3v) is 7.62. The predicted octanol–water partition coefficient (Wildman–Crippen LogP) is 3.82. The molecule has 2 heterocycles. The number of aliphatic hydroxyl groups excluding tert-OH is 1. The first-order valence-electron chi connectivity index (χ1n) is 12.2. The summed E-state index contributed by atoms with van der Waals surface area (Å²) in [6.45, 7) is 9.77. The average Bonchev–Trinajstić information content (AvgIpc) is 3.14. The molecule has 4 N–H and O–H groups in total. The van der Waals surface area contributed by atoms with Crippen molar-refractivity contribution < 1.29 is 46.2 Å². The molecule has 17 heteroatoms. The molecule has 0 radical (unpaired) electrons. The number of nitrogens with two attached hydrogens (primary N) is 1. The van der Waals surface area contributed by atoms with Crippen LogP contribution in [0.5, 0.6) is 0 Å². The Morgan fingerprint density at radius 2 is 2.07 bits per heavy atom. The van der Waals surface area contributed by atoms with Gasteiger partial charge in [0.05, 0.1) is 17.7 Å². The zero-order valence-corrected chi connectivity index (χ0v) is 24.6. The molecule has 0 spiro atoms. The number of aliphatic hydroxyl groups is 1. The maximum absolute atomic E-state index is 15.2. The van der Waals surface area contributed by atoms with Crippen molar-refractivity contribution >= 4 is 31.1 Å². The summed E-state index contributed by atoms with van der Waals surface area (Å²) in [7, 11) is -4.80. The van der Waals surface area contributed by atoms with Crippen LogP contribution in [0.1, 0.15) is 40.8 Å². The largest absolute Gasteiger partial charge is 0.462 e. The van der Waals surface area contributed by atoms with E-state index in [-0.39, 0.29) is 10.8 Å². The monoisotopic (exact) mass is 628 g/mol. The Bertz CT molecular complexity index is 1290. The number of carbonyl (C=O) groups is 1. The van der Waals surface area contributed by atoms with Crippen LogP contribution in [0.15, 0.2) is 47.1 Å². The second-order valence-corrected chi connectivity index (χ2v) is 11.4. The van der Waals surface area contributed by atoms with Gasteiger partial charge in [-0.25, -0.2) is 22.5 Å². The normalized spacial score (nSPS) is 25.7. The van der Waals surface area contributed by atoms with E-state index in [9.17, 15) is 28.0 Å². The van der Waals surface area contributed by atoms with E-state index in [0.29, 0.717) is 10.1 Å². The van der Waals surface area contributed by atoms with Gasteiger partial charge in [-0.3, -0.25) is 13.9 Å². The molecule has 1 aromatic rings. The van der Waals surface area contributed by atoms with E-state index in [1.54, 1.807) is 39.8 Å². The first-order chi connectivity index (χ1) is 19.0. The number of hydrogen-bond donors (Lipinski definition) is 3. The Kier molecular flexibility index (Phi) is 11.8. The third-order valence-electron chi connectivity index (χ3n) is 5.72. The number of hydrogen-bond acceptors (Lipinski definition) is 10. The van der Waals surface area contributed by atoms with Crippen molar-refractivity contribution in [3.63, 3.8) is 0 Å². The molecule has 0 saturated carbocycles. The van der Waals surface area contributed by atoms with Gasteiger partial charge < -0.3 is 24.8 Å². The van der Waals surface area contributed by atoms with Gasteiger partial charge in [-0.05, 0) is 46.3 Å². The van der Waals surface area contributed by atoms with E-state index >= 15 is 4.39 Å². The molecule has 1 aliphatic rings. The van der Waals surface area contributed by atoms with Gasteiger partial charge in [-0.1, -0.05) is 30.3 Å². The van der Waals surface area contributed by atoms with Gasteiger partial charge >= 0.3 is 19.4 Å². The minimum absolute atomic E-state index is 0.113. The van der Waals surface area contributed by atoms with Crippen LogP contribution >= 0.6 is 19.3 Å². The molecular formula is C24H33ClF3N4O8P. The van der Waals surface area contributed by atoms with E-state index in [1.807, 2.05) is 0 Å². The fourth-order valence-corrected chi connectivity index (χ4v) is 5.39. The maximum atomic E-state index is 15.2. The molecule has 230 valence electrons. The number of nitrogens with zero attached hydrogens (tertiary/aromatic N) is 2. The van der Waals surface area contributed by atoms with Crippen molar-refractivity contribution in [3.8, 4) is 0 Å². The Hall–Kier alpha value is -2.68. The minimum Gasteiger partial charge on any atom is -0.462 e. The molecule has 1 aromatic heterocycles. The van der Waals surface area contributed by atoms with E-state index < -0.39 is 74.5 Å². The molecule has 1 unspecified atom stereocenters. The number of anilines is 1. The van der Waals surface area contributed by atoms with Gasteiger partial charge in [0, 0.05) is 6.20 Å². The number of carbonyl (C=O) groups excluding carboxylic acids is 1. The van der Waals surface area contributed by atoms with Crippen LogP contribution in [0.3, 0.4) is 0 Å². The second kappa shape index (κ2) is 14.0. The van der Waals surface area contributed by atoms with Crippen LogP contribution in [0.25, 0.3) is 0 Å². The molecule has 12 nitrogen and oxygen atoms in total.